The van der Waals surface area contributed by atoms with Gasteiger partial charge in [-0.05, 0) is 32.2 Å². The molecule has 1 rings (SSSR count). The van der Waals surface area contributed by atoms with E-state index in [1.165, 1.54) is 0 Å². The van der Waals surface area contributed by atoms with Gasteiger partial charge in [0.1, 0.15) is 0 Å². The summed E-state index contributed by atoms with van der Waals surface area (Å²) in [5.41, 5.74) is 1.64. The Labute approximate surface area is 104 Å². The lowest BCUT2D eigenvalue weighted by molar-refractivity contribution is 0.276. The van der Waals surface area contributed by atoms with Gasteiger partial charge in [-0.2, -0.15) is 0 Å². The molecule has 1 aromatic carbocycles. The number of nitrogens with zero attached hydrogens (tertiary/aromatic N) is 2. The van der Waals surface area contributed by atoms with E-state index in [0.717, 1.165) is 25.2 Å². The van der Waals surface area contributed by atoms with Crippen molar-refractivity contribution in [1.82, 2.24) is 9.80 Å². The van der Waals surface area contributed by atoms with Gasteiger partial charge in [-0.15, -0.1) is 0 Å². The summed E-state index contributed by atoms with van der Waals surface area (Å²) in [4.78, 5) is 4.35. The summed E-state index contributed by atoms with van der Waals surface area (Å²) in [5.74, 6) is 0. The third-order valence-corrected chi connectivity index (χ3v) is 2.63. The molecule has 0 fully saturated rings. The Morgan fingerprint density at radius 2 is 1.82 bits per heavy atom. The number of hydrogen-bond acceptors (Lipinski definition) is 4. The van der Waals surface area contributed by atoms with Gasteiger partial charge >= 0.3 is 7.12 Å². The Kier molecular flexibility index (Phi) is 5.64. The molecule has 94 valence electrons. The van der Waals surface area contributed by atoms with E-state index in [4.69, 9.17) is 10.0 Å². The maximum atomic E-state index is 9.09. The van der Waals surface area contributed by atoms with Crippen LogP contribution in [0.3, 0.4) is 0 Å². The minimum absolute atomic E-state index is 0.545. The highest BCUT2D eigenvalue weighted by atomic mass is 16.4. The first-order chi connectivity index (χ1) is 7.99. The number of likely N-dealkylation sites (N-methyl/N-ethyl adjacent to an activating group) is 2. The Morgan fingerprint density at radius 1 is 1.12 bits per heavy atom. The van der Waals surface area contributed by atoms with Gasteiger partial charge in [0.2, 0.25) is 0 Å². The fourth-order valence-electron chi connectivity index (χ4n) is 1.61. The lowest BCUT2D eigenvalue weighted by atomic mass is 9.79. The summed E-state index contributed by atoms with van der Waals surface area (Å²) >= 11 is 0. The largest absolute Gasteiger partial charge is 0.488 e. The second-order valence-electron chi connectivity index (χ2n) is 4.66. The lowest BCUT2D eigenvalue weighted by Gasteiger charge is -2.19. The fourth-order valence-corrected chi connectivity index (χ4v) is 1.61. The van der Waals surface area contributed by atoms with E-state index in [0.29, 0.717) is 5.46 Å². The van der Waals surface area contributed by atoms with Gasteiger partial charge < -0.3 is 19.8 Å². The number of benzene rings is 1. The van der Waals surface area contributed by atoms with Gasteiger partial charge in [-0.1, -0.05) is 24.3 Å². The van der Waals surface area contributed by atoms with Crippen molar-refractivity contribution in [2.45, 2.75) is 6.54 Å². The number of hydrogen-bond donors (Lipinski definition) is 2. The zero-order chi connectivity index (χ0) is 12.8. The normalized spacial score (nSPS) is 11.2. The number of rotatable bonds is 6. The molecule has 0 bridgehead atoms. The molecule has 4 nitrogen and oxygen atoms in total. The minimum Gasteiger partial charge on any atom is -0.423 e. The highest BCUT2D eigenvalue weighted by Crippen LogP contribution is 2.01. The topological polar surface area (TPSA) is 46.9 Å². The van der Waals surface area contributed by atoms with Crippen molar-refractivity contribution in [1.29, 1.82) is 0 Å². The molecule has 0 amide bonds. The molecule has 0 heterocycles. The lowest BCUT2D eigenvalue weighted by Crippen LogP contribution is -2.31. The van der Waals surface area contributed by atoms with Gasteiger partial charge in [-0.25, -0.2) is 0 Å². The Hall–Kier alpha value is -0.875. The van der Waals surface area contributed by atoms with Crippen LogP contribution in [-0.4, -0.2) is 61.2 Å². The highest BCUT2D eigenvalue weighted by Gasteiger charge is 2.11. The van der Waals surface area contributed by atoms with Crippen molar-refractivity contribution in [2.24, 2.45) is 0 Å². The average molecular weight is 236 g/mol. The van der Waals surface area contributed by atoms with Gasteiger partial charge in [0.05, 0.1) is 0 Å². The fraction of sp³-hybridized carbons (Fsp3) is 0.500. The molecule has 0 atom stereocenters. The van der Waals surface area contributed by atoms with Crippen LogP contribution in [0.2, 0.25) is 0 Å². The van der Waals surface area contributed by atoms with Crippen molar-refractivity contribution >= 4 is 12.6 Å². The SMILES string of the molecule is CN(C)CCN(C)Cc1cccc(B(O)O)c1. The molecule has 0 unspecified atom stereocenters. The first-order valence-electron chi connectivity index (χ1n) is 5.77. The quantitative estimate of drug-likeness (QED) is 0.645. The van der Waals surface area contributed by atoms with E-state index < -0.39 is 7.12 Å². The summed E-state index contributed by atoms with van der Waals surface area (Å²) < 4.78 is 0. The molecule has 0 saturated heterocycles. The summed E-state index contributed by atoms with van der Waals surface area (Å²) in [5, 5.41) is 18.2. The summed E-state index contributed by atoms with van der Waals surface area (Å²) in [7, 11) is 4.78. The van der Waals surface area contributed by atoms with Crippen molar-refractivity contribution in [3.63, 3.8) is 0 Å². The van der Waals surface area contributed by atoms with Gasteiger partial charge in [0.15, 0.2) is 0 Å². The molecule has 5 heteroatoms. The van der Waals surface area contributed by atoms with E-state index in [2.05, 4.69) is 30.9 Å². The smallest absolute Gasteiger partial charge is 0.423 e. The third kappa shape index (κ3) is 5.32. The van der Waals surface area contributed by atoms with Gasteiger partial charge in [0, 0.05) is 19.6 Å². The van der Waals surface area contributed by atoms with Crippen molar-refractivity contribution in [3.05, 3.63) is 29.8 Å². The Balaban J connectivity index is 2.53. The molecular formula is C12H21BN2O2. The van der Waals surface area contributed by atoms with E-state index in [9.17, 15) is 0 Å². The molecule has 0 spiro atoms. The first kappa shape index (κ1) is 14.2. The maximum Gasteiger partial charge on any atom is 0.488 e. The van der Waals surface area contributed by atoms with Crippen LogP contribution in [0.5, 0.6) is 0 Å². The van der Waals surface area contributed by atoms with Crippen LogP contribution >= 0.6 is 0 Å². The maximum absolute atomic E-state index is 9.09. The van der Waals surface area contributed by atoms with E-state index in [1.54, 1.807) is 6.07 Å². The highest BCUT2D eigenvalue weighted by molar-refractivity contribution is 6.58. The van der Waals surface area contributed by atoms with Crippen molar-refractivity contribution < 1.29 is 10.0 Å². The molecule has 1 aromatic rings. The Bertz CT molecular complexity index is 345. The molecule has 17 heavy (non-hydrogen) atoms. The van der Waals surface area contributed by atoms with Crippen LogP contribution in [0.1, 0.15) is 5.56 Å². The molecule has 0 aliphatic carbocycles. The van der Waals surface area contributed by atoms with Crippen LogP contribution in [0.25, 0.3) is 0 Å². The van der Waals surface area contributed by atoms with Gasteiger partial charge in [0.25, 0.3) is 0 Å². The van der Waals surface area contributed by atoms with Crippen molar-refractivity contribution in [3.8, 4) is 0 Å². The van der Waals surface area contributed by atoms with E-state index in [1.807, 2.05) is 18.2 Å². The molecule has 0 aliphatic heterocycles. The predicted molar refractivity (Wildman–Crippen MR) is 71.2 cm³/mol. The van der Waals surface area contributed by atoms with Crippen LogP contribution in [0.15, 0.2) is 24.3 Å². The van der Waals surface area contributed by atoms with Crippen molar-refractivity contribution in [2.75, 3.05) is 34.2 Å². The molecule has 0 aliphatic rings. The second-order valence-corrected chi connectivity index (χ2v) is 4.66. The standard InChI is InChI=1S/C12H21BN2O2/c1-14(2)7-8-15(3)10-11-5-4-6-12(9-11)13(16)17/h4-6,9,16-17H,7-8,10H2,1-3H3. The summed E-state index contributed by atoms with van der Waals surface area (Å²) in [6, 6.07) is 7.40. The summed E-state index contributed by atoms with van der Waals surface area (Å²) in [6.45, 7) is 2.81. The van der Waals surface area contributed by atoms with Crippen LogP contribution in [-0.2, 0) is 6.54 Å². The zero-order valence-electron chi connectivity index (χ0n) is 10.8. The average Bonchev–Trinajstić information content (AvgIpc) is 2.26. The molecule has 0 aromatic heterocycles. The predicted octanol–water partition coefficient (Wildman–Crippen LogP) is -0.640. The molecule has 2 N–H and O–H groups in total. The van der Waals surface area contributed by atoms with E-state index >= 15 is 0 Å². The zero-order valence-corrected chi connectivity index (χ0v) is 10.8. The molecule has 0 radical (unpaired) electrons. The van der Waals surface area contributed by atoms with E-state index in [-0.39, 0.29) is 0 Å². The minimum atomic E-state index is -1.39. The van der Waals surface area contributed by atoms with Crippen LogP contribution < -0.4 is 5.46 Å². The summed E-state index contributed by atoms with van der Waals surface area (Å²) in [6.07, 6.45) is 0. The molecule has 0 saturated carbocycles. The Morgan fingerprint density at radius 3 is 2.41 bits per heavy atom. The van der Waals surface area contributed by atoms with Crippen LogP contribution in [0, 0.1) is 0 Å². The molecular weight excluding hydrogens is 215 g/mol. The first-order valence-corrected chi connectivity index (χ1v) is 5.77. The third-order valence-electron chi connectivity index (χ3n) is 2.63. The van der Waals surface area contributed by atoms with Gasteiger partial charge in [-0.3, -0.25) is 0 Å². The van der Waals surface area contributed by atoms with Crippen LogP contribution in [0.4, 0.5) is 0 Å². The second kappa shape index (κ2) is 6.76. The monoisotopic (exact) mass is 236 g/mol.